The van der Waals surface area contributed by atoms with Crippen molar-refractivity contribution < 1.29 is 5.11 Å². The Labute approximate surface area is 76.0 Å². The average Bonchev–Trinajstić information content (AvgIpc) is 2.03. The lowest BCUT2D eigenvalue weighted by Gasteiger charge is -2.15. The quantitative estimate of drug-likeness (QED) is 0.445. The summed E-state index contributed by atoms with van der Waals surface area (Å²) < 4.78 is 0. The highest BCUT2D eigenvalue weighted by Gasteiger charge is 2.14. The first kappa shape index (κ1) is 9.29. The molecule has 0 saturated carbocycles. The topological polar surface area (TPSA) is 70.1 Å². The molecule has 0 spiro atoms. The van der Waals surface area contributed by atoms with Crippen molar-refractivity contribution >= 4 is 17.4 Å². The molecule has 12 heavy (non-hydrogen) atoms. The van der Waals surface area contributed by atoms with E-state index >= 15 is 0 Å². The van der Waals surface area contributed by atoms with Crippen LogP contribution in [0.1, 0.15) is 6.42 Å². The Balaban J connectivity index is 2.84. The maximum absolute atomic E-state index is 8.87. The second-order valence-corrected chi connectivity index (χ2v) is 3.26. The molecule has 0 aromatic carbocycles. The molecule has 66 valence electrons. The number of halogens is 1. The summed E-state index contributed by atoms with van der Waals surface area (Å²) in [5, 5.41) is 16.7. The zero-order valence-corrected chi connectivity index (χ0v) is 7.30. The number of allylic oxidation sites excluding steroid dienone is 1. The van der Waals surface area contributed by atoms with Crippen molar-refractivity contribution in [3.63, 3.8) is 0 Å². The molecule has 4 N–H and O–H groups in total. The van der Waals surface area contributed by atoms with Crippen molar-refractivity contribution in [3.8, 4) is 0 Å². The Kier molecular flexibility index (Phi) is 2.89. The molecule has 4 heteroatoms. The third-order valence-corrected chi connectivity index (χ3v) is 1.99. The fourth-order valence-electron chi connectivity index (χ4n) is 1.12. The predicted octanol–water partition coefficient (Wildman–Crippen LogP) is 0.984. The molecule has 1 atom stereocenters. The molecule has 1 unspecified atom stereocenters. The first-order valence-electron chi connectivity index (χ1n) is 3.66. The van der Waals surface area contributed by atoms with Gasteiger partial charge >= 0.3 is 0 Å². The number of rotatable bonds is 2. The number of hydrogen-bond donors (Lipinski definition) is 3. The molecule has 0 aliphatic heterocycles. The Hall–Kier alpha value is -0.800. The van der Waals surface area contributed by atoms with Crippen LogP contribution in [0.5, 0.6) is 0 Å². The molecule has 0 amide bonds. The molecule has 1 aliphatic rings. The zero-order valence-electron chi connectivity index (χ0n) is 6.55. The van der Waals surface area contributed by atoms with Crippen molar-refractivity contribution in [1.82, 2.24) is 0 Å². The lowest BCUT2D eigenvalue weighted by atomic mass is 9.96. The molecule has 0 aromatic rings. The van der Waals surface area contributed by atoms with E-state index in [0.29, 0.717) is 17.0 Å². The minimum Gasteiger partial charge on any atom is -0.396 e. The van der Waals surface area contributed by atoms with Gasteiger partial charge in [-0.3, -0.25) is 5.41 Å². The lowest BCUT2D eigenvalue weighted by molar-refractivity contribution is 0.252. The van der Waals surface area contributed by atoms with Crippen LogP contribution >= 0.6 is 11.6 Å². The van der Waals surface area contributed by atoms with Crippen LogP contribution in [0, 0.1) is 11.3 Å². The Bertz CT molecular complexity index is 258. The van der Waals surface area contributed by atoms with E-state index in [1.165, 1.54) is 0 Å². The molecular formula is C8H11ClN2O. The summed E-state index contributed by atoms with van der Waals surface area (Å²) in [6, 6.07) is 0. The monoisotopic (exact) mass is 186 g/mol. The van der Waals surface area contributed by atoms with Gasteiger partial charge in [-0.05, 0) is 12.5 Å². The smallest absolute Gasteiger partial charge is 0.122 e. The van der Waals surface area contributed by atoms with E-state index in [1.807, 2.05) is 0 Å². The van der Waals surface area contributed by atoms with Gasteiger partial charge in [0.2, 0.25) is 0 Å². The van der Waals surface area contributed by atoms with Crippen LogP contribution in [0.25, 0.3) is 0 Å². The highest BCUT2D eigenvalue weighted by Crippen LogP contribution is 2.24. The van der Waals surface area contributed by atoms with Gasteiger partial charge in [0.25, 0.3) is 0 Å². The minimum absolute atomic E-state index is 0.00130. The molecule has 1 aliphatic carbocycles. The minimum atomic E-state index is -0.00806. The molecule has 0 heterocycles. The Morgan fingerprint density at radius 2 is 2.50 bits per heavy atom. The number of aliphatic hydroxyl groups is 1. The van der Waals surface area contributed by atoms with E-state index in [1.54, 1.807) is 12.2 Å². The molecule has 1 rings (SSSR count). The van der Waals surface area contributed by atoms with Crippen LogP contribution < -0.4 is 5.73 Å². The normalized spacial score (nSPS) is 23.0. The standard InChI is InChI=1S/C8H11ClN2O/c9-7-2-5(4-12)1-6(3-7)8(10)11/h1,3,5,12H,2,4H2,(H3,10,11). The molecule has 0 radical (unpaired) electrons. The number of amidine groups is 1. The van der Waals surface area contributed by atoms with Crippen molar-refractivity contribution in [1.29, 1.82) is 5.41 Å². The highest BCUT2D eigenvalue weighted by molar-refractivity contribution is 6.30. The van der Waals surface area contributed by atoms with E-state index in [4.69, 9.17) is 27.9 Å². The lowest BCUT2D eigenvalue weighted by Crippen LogP contribution is -2.17. The SMILES string of the molecule is N=C(N)C1=CC(CO)CC(Cl)=C1. The van der Waals surface area contributed by atoms with Crippen molar-refractivity contribution in [2.45, 2.75) is 6.42 Å². The Morgan fingerprint density at radius 1 is 1.83 bits per heavy atom. The predicted molar refractivity (Wildman–Crippen MR) is 49.1 cm³/mol. The number of nitrogens with two attached hydrogens (primary N) is 1. The van der Waals surface area contributed by atoms with Gasteiger partial charge in [0.15, 0.2) is 0 Å². The van der Waals surface area contributed by atoms with Gasteiger partial charge in [-0.25, -0.2) is 0 Å². The third-order valence-electron chi connectivity index (χ3n) is 1.73. The fourth-order valence-corrected chi connectivity index (χ4v) is 1.44. The summed E-state index contributed by atoms with van der Waals surface area (Å²) in [7, 11) is 0. The second-order valence-electron chi connectivity index (χ2n) is 2.77. The van der Waals surface area contributed by atoms with E-state index < -0.39 is 0 Å². The third kappa shape index (κ3) is 2.09. The Morgan fingerprint density at radius 3 is 3.00 bits per heavy atom. The maximum Gasteiger partial charge on any atom is 0.122 e. The number of nitrogens with one attached hydrogen (secondary N) is 1. The van der Waals surface area contributed by atoms with Crippen LogP contribution in [0.4, 0.5) is 0 Å². The molecule has 0 saturated heterocycles. The van der Waals surface area contributed by atoms with E-state index in [2.05, 4.69) is 0 Å². The first-order valence-corrected chi connectivity index (χ1v) is 4.04. The molecule has 0 bridgehead atoms. The largest absolute Gasteiger partial charge is 0.396 e. The summed E-state index contributed by atoms with van der Waals surface area (Å²) in [5.74, 6) is -0.00676. The van der Waals surface area contributed by atoms with E-state index in [-0.39, 0.29) is 18.4 Å². The van der Waals surface area contributed by atoms with Gasteiger partial charge in [0, 0.05) is 23.1 Å². The van der Waals surface area contributed by atoms with Gasteiger partial charge in [-0.2, -0.15) is 0 Å². The summed E-state index contributed by atoms with van der Waals surface area (Å²) >= 11 is 5.79. The van der Waals surface area contributed by atoms with Crippen LogP contribution in [-0.4, -0.2) is 17.5 Å². The summed E-state index contributed by atoms with van der Waals surface area (Å²) in [5.41, 5.74) is 5.88. The second kappa shape index (κ2) is 3.74. The van der Waals surface area contributed by atoms with Crippen LogP contribution in [0.15, 0.2) is 22.8 Å². The molecule has 3 nitrogen and oxygen atoms in total. The van der Waals surface area contributed by atoms with Crippen LogP contribution in [0.2, 0.25) is 0 Å². The van der Waals surface area contributed by atoms with Crippen molar-refractivity contribution in [2.24, 2.45) is 11.7 Å². The van der Waals surface area contributed by atoms with Gasteiger partial charge < -0.3 is 10.8 Å². The van der Waals surface area contributed by atoms with Crippen LogP contribution in [0.3, 0.4) is 0 Å². The van der Waals surface area contributed by atoms with Gasteiger partial charge in [-0.15, -0.1) is 0 Å². The first-order chi connectivity index (χ1) is 5.63. The summed E-state index contributed by atoms with van der Waals surface area (Å²) in [6.07, 6.45) is 4.07. The van der Waals surface area contributed by atoms with E-state index in [0.717, 1.165) is 0 Å². The fraction of sp³-hybridized carbons (Fsp3) is 0.375. The maximum atomic E-state index is 8.87. The summed E-state index contributed by atoms with van der Waals surface area (Å²) in [4.78, 5) is 0. The van der Waals surface area contributed by atoms with Gasteiger partial charge in [0.1, 0.15) is 5.84 Å². The molecule has 0 aromatic heterocycles. The number of hydrogen-bond acceptors (Lipinski definition) is 2. The molecule has 0 fully saturated rings. The summed E-state index contributed by atoms with van der Waals surface area (Å²) in [6.45, 7) is 0.0425. The average molecular weight is 187 g/mol. The zero-order chi connectivity index (χ0) is 9.14. The van der Waals surface area contributed by atoms with Crippen LogP contribution in [-0.2, 0) is 0 Å². The van der Waals surface area contributed by atoms with Gasteiger partial charge in [0.05, 0.1) is 0 Å². The van der Waals surface area contributed by atoms with Crippen molar-refractivity contribution in [3.05, 3.63) is 22.8 Å². The number of aliphatic hydroxyl groups excluding tert-OH is 1. The molecular weight excluding hydrogens is 176 g/mol. The van der Waals surface area contributed by atoms with Gasteiger partial charge in [-0.1, -0.05) is 17.7 Å². The van der Waals surface area contributed by atoms with E-state index in [9.17, 15) is 0 Å². The van der Waals surface area contributed by atoms with Crippen molar-refractivity contribution in [2.75, 3.05) is 6.61 Å². The highest BCUT2D eigenvalue weighted by atomic mass is 35.5.